The third kappa shape index (κ3) is 12.8. The molecular formula is C17H34O4. The van der Waals surface area contributed by atoms with Gasteiger partial charge in [-0.2, -0.15) is 0 Å². The first-order chi connectivity index (χ1) is 10.1. The van der Waals surface area contributed by atoms with Crippen molar-refractivity contribution >= 4 is 5.97 Å². The fraction of sp³-hybridized carbons (Fsp3) is 0.941. The monoisotopic (exact) mass is 302 g/mol. The number of hydrogen-bond acceptors (Lipinski definition) is 3. The van der Waals surface area contributed by atoms with E-state index in [0.29, 0.717) is 6.42 Å². The van der Waals surface area contributed by atoms with E-state index in [0.717, 1.165) is 19.3 Å². The lowest BCUT2D eigenvalue weighted by molar-refractivity contribution is -0.159. The van der Waals surface area contributed by atoms with E-state index in [1.807, 2.05) is 0 Å². The molecule has 4 nitrogen and oxygen atoms in total. The van der Waals surface area contributed by atoms with Crippen molar-refractivity contribution in [1.29, 1.82) is 0 Å². The van der Waals surface area contributed by atoms with E-state index in [1.54, 1.807) is 0 Å². The molecule has 1 unspecified atom stereocenters. The zero-order valence-electron chi connectivity index (χ0n) is 13.6. The van der Waals surface area contributed by atoms with Gasteiger partial charge in [0.25, 0.3) is 0 Å². The Bertz CT molecular complexity index is 241. The van der Waals surface area contributed by atoms with Crippen LogP contribution in [0.1, 0.15) is 90.4 Å². The number of aliphatic carboxylic acids is 1. The largest absolute Gasteiger partial charge is 0.481 e. The minimum atomic E-state index is -1.74. The summed E-state index contributed by atoms with van der Waals surface area (Å²) in [6.45, 7) is 2.24. The molecule has 0 aromatic rings. The van der Waals surface area contributed by atoms with Crippen molar-refractivity contribution in [2.75, 3.05) is 0 Å². The standard InChI is InChI=1S/C17H34O4/c1-2-3-4-5-6-7-8-9-10-11-12-13-14-15(16(18)19)17(20)21/h15-16,18-19H,2-14H2,1H3,(H,20,21). The van der Waals surface area contributed by atoms with Crippen molar-refractivity contribution in [2.45, 2.75) is 96.7 Å². The molecule has 0 saturated carbocycles. The van der Waals surface area contributed by atoms with E-state index in [-0.39, 0.29) is 0 Å². The summed E-state index contributed by atoms with van der Waals surface area (Å²) in [4.78, 5) is 10.8. The number of carboxylic acid groups (broad SMARTS) is 1. The summed E-state index contributed by atoms with van der Waals surface area (Å²) in [5, 5.41) is 26.7. The topological polar surface area (TPSA) is 77.8 Å². The summed E-state index contributed by atoms with van der Waals surface area (Å²) in [7, 11) is 0. The first-order valence-electron chi connectivity index (χ1n) is 8.68. The minimum absolute atomic E-state index is 0.352. The molecule has 0 heterocycles. The molecule has 0 bridgehead atoms. The Labute approximate surface area is 129 Å². The van der Waals surface area contributed by atoms with Crippen molar-refractivity contribution < 1.29 is 20.1 Å². The van der Waals surface area contributed by atoms with Crippen molar-refractivity contribution in [3.63, 3.8) is 0 Å². The maximum absolute atomic E-state index is 10.8. The lowest BCUT2D eigenvalue weighted by Gasteiger charge is -2.13. The second kappa shape index (κ2) is 14.3. The van der Waals surface area contributed by atoms with Gasteiger partial charge < -0.3 is 15.3 Å². The maximum Gasteiger partial charge on any atom is 0.311 e. The second-order valence-electron chi connectivity index (χ2n) is 6.04. The Kier molecular flexibility index (Phi) is 13.9. The van der Waals surface area contributed by atoms with E-state index < -0.39 is 18.2 Å². The number of carbonyl (C=O) groups is 1. The Hall–Kier alpha value is -0.610. The third-order valence-electron chi connectivity index (χ3n) is 4.05. The number of unbranched alkanes of at least 4 members (excludes halogenated alkanes) is 11. The van der Waals surface area contributed by atoms with Gasteiger partial charge >= 0.3 is 5.97 Å². The summed E-state index contributed by atoms with van der Waals surface area (Å²) in [5.74, 6) is -2.15. The van der Waals surface area contributed by atoms with E-state index in [1.165, 1.54) is 57.8 Å². The molecule has 3 N–H and O–H groups in total. The van der Waals surface area contributed by atoms with Crippen LogP contribution in [0, 0.1) is 5.92 Å². The Morgan fingerprint density at radius 2 is 1.14 bits per heavy atom. The zero-order chi connectivity index (χ0) is 15.9. The number of aliphatic hydroxyl groups is 2. The lowest BCUT2D eigenvalue weighted by Crippen LogP contribution is -2.27. The average molecular weight is 302 g/mol. The van der Waals surface area contributed by atoms with E-state index in [4.69, 9.17) is 15.3 Å². The van der Waals surface area contributed by atoms with Crippen LogP contribution in [0.5, 0.6) is 0 Å². The van der Waals surface area contributed by atoms with Crippen LogP contribution >= 0.6 is 0 Å². The second-order valence-corrected chi connectivity index (χ2v) is 6.04. The van der Waals surface area contributed by atoms with Crippen LogP contribution in [0.2, 0.25) is 0 Å². The number of rotatable bonds is 15. The molecule has 0 aliphatic rings. The van der Waals surface area contributed by atoms with Crippen molar-refractivity contribution in [2.24, 2.45) is 5.92 Å². The fourth-order valence-corrected chi connectivity index (χ4v) is 2.61. The summed E-state index contributed by atoms with van der Waals surface area (Å²) in [5.41, 5.74) is 0. The lowest BCUT2D eigenvalue weighted by atomic mass is 9.99. The van der Waals surface area contributed by atoms with Gasteiger partial charge in [0.1, 0.15) is 5.92 Å². The molecule has 0 saturated heterocycles. The molecule has 0 aliphatic carbocycles. The highest BCUT2D eigenvalue weighted by Crippen LogP contribution is 2.16. The highest BCUT2D eigenvalue weighted by Gasteiger charge is 2.23. The SMILES string of the molecule is CCCCCCCCCCCCCCC(C(=O)O)C(O)O. The molecular weight excluding hydrogens is 268 g/mol. The fourth-order valence-electron chi connectivity index (χ4n) is 2.61. The zero-order valence-corrected chi connectivity index (χ0v) is 13.6. The summed E-state index contributed by atoms with van der Waals surface area (Å²) >= 11 is 0. The minimum Gasteiger partial charge on any atom is -0.481 e. The van der Waals surface area contributed by atoms with Crippen molar-refractivity contribution in [3.05, 3.63) is 0 Å². The molecule has 4 heteroatoms. The van der Waals surface area contributed by atoms with Crippen molar-refractivity contribution in [3.8, 4) is 0 Å². The highest BCUT2D eigenvalue weighted by atomic mass is 16.5. The van der Waals surface area contributed by atoms with Crippen LogP contribution in [0.3, 0.4) is 0 Å². The molecule has 0 spiro atoms. The molecule has 0 aromatic carbocycles. The van der Waals surface area contributed by atoms with Crippen LogP contribution in [0.15, 0.2) is 0 Å². The third-order valence-corrected chi connectivity index (χ3v) is 4.05. The normalized spacial score (nSPS) is 12.8. The quantitative estimate of drug-likeness (QED) is 0.314. The molecule has 1 atom stereocenters. The molecule has 0 fully saturated rings. The van der Waals surface area contributed by atoms with Crippen LogP contribution in [0.4, 0.5) is 0 Å². The molecule has 0 aromatic heterocycles. The van der Waals surface area contributed by atoms with E-state index in [2.05, 4.69) is 6.92 Å². The van der Waals surface area contributed by atoms with Crippen LogP contribution in [0.25, 0.3) is 0 Å². The van der Waals surface area contributed by atoms with Gasteiger partial charge in [-0.15, -0.1) is 0 Å². The van der Waals surface area contributed by atoms with Crippen LogP contribution in [-0.4, -0.2) is 27.6 Å². The number of hydrogen-bond donors (Lipinski definition) is 3. The average Bonchev–Trinajstić information content (AvgIpc) is 2.43. The Morgan fingerprint density at radius 1 is 0.762 bits per heavy atom. The molecule has 0 radical (unpaired) electrons. The highest BCUT2D eigenvalue weighted by molar-refractivity contribution is 5.70. The molecule has 126 valence electrons. The predicted molar refractivity (Wildman–Crippen MR) is 85.0 cm³/mol. The van der Waals surface area contributed by atoms with Gasteiger partial charge in [-0.25, -0.2) is 0 Å². The number of aliphatic hydroxyl groups excluding tert-OH is 1. The summed E-state index contributed by atoms with van der Waals surface area (Å²) in [6, 6.07) is 0. The smallest absolute Gasteiger partial charge is 0.311 e. The van der Waals surface area contributed by atoms with Gasteiger partial charge in [-0.1, -0.05) is 84.0 Å². The molecule has 21 heavy (non-hydrogen) atoms. The summed E-state index contributed by atoms with van der Waals surface area (Å²) < 4.78 is 0. The summed E-state index contributed by atoms with van der Waals surface area (Å²) in [6.07, 6.45) is 13.3. The van der Waals surface area contributed by atoms with Gasteiger partial charge in [0.15, 0.2) is 6.29 Å². The van der Waals surface area contributed by atoms with Crippen LogP contribution < -0.4 is 0 Å². The first-order valence-corrected chi connectivity index (χ1v) is 8.68. The first kappa shape index (κ1) is 20.4. The van der Waals surface area contributed by atoms with Crippen LogP contribution in [-0.2, 0) is 4.79 Å². The molecule has 0 amide bonds. The van der Waals surface area contributed by atoms with Gasteiger partial charge in [-0.3, -0.25) is 4.79 Å². The number of carboxylic acids is 1. The Balaban J connectivity index is 3.27. The van der Waals surface area contributed by atoms with E-state index >= 15 is 0 Å². The van der Waals surface area contributed by atoms with Gasteiger partial charge in [-0.05, 0) is 6.42 Å². The molecule has 0 aliphatic heterocycles. The van der Waals surface area contributed by atoms with Gasteiger partial charge in [0.2, 0.25) is 0 Å². The predicted octanol–water partition coefficient (Wildman–Crippen LogP) is 4.09. The van der Waals surface area contributed by atoms with Gasteiger partial charge in [0, 0.05) is 0 Å². The van der Waals surface area contributed by atoms with E-state index in [9.17, 15) is 4.79 Å². The Morgan fingerprint density at radius 3 is 1.48 bits per heavy atom. The maximum atomic E-state index is 10.8. The van der Waals surface area contributed by atoms with Crippen molar-refractivity contribution in [1.82, 2.24) is 0 Å². The van der Waals surface area contributed by atoms with Gasteiger partial charge in [0.05, 0.1) is 0 Å². The molecule has 0 rings (SSSR count).